The number of alkyl halides is 7. The Morgan fingerprint density at radius 2 is 1.05 bits per heavy atom. The SMILES string of the molecule is COC(=O)c1ccc(-c2nc(CCl)c(C)o2)cc1.COC(=O)c1ccc(-c2nc(CS(=O)(=O)c3ccc(C(F)(F)F)cc3)c(C)o2)cc1.O=S([O-])c1ccc(C(F)(F)F)cc1.[Li+]. The molecule has 6 aromatic rings. The number of aromatic nitrogens is 2. The number of ether oxygens (including phenoxy) is 2. The molecule has 12 nitrogen and oxygen atoms in total. The number of carbonyl (C=O) groups excluding carboxylic acids is 2. The van der Waals surface area contributed by atoms with Gasteiger partial charge >= 0.3 is 43.2 Å². The van der Waals surface area contributed by atoms with Gasteiger partial charge in [0.1, 0.15) is 17.3 Å². The van der Waals surface area contributed by atoms with Gasteiger partial charge in [0.15, 0.2) is 9.84 Å². The second kappa shape index (κ2) is 21.7. The molecule has 0 N–H and O–H groups in total. The number of sulfone groups is 1. The molecule has 0 saturated carbocycles. The van der Waals surface area contributed by atoms with Gasteiger partial charge in [-0.3, -0.25) is 4.21 Å². The largest absolute Gasteiger partial charge is 1.00 e. The first-order valence-corrected chi connectivity index (χ1v) is 20.4. The van der Waals surface area contributed by atoms with E-state index in [1.807, 2.05) is 6.92 Å². The van der Waals surface area contributed by atoms with Gasteiger partial charge in [-0.05, 0) is 122 Å². The molecule has 0 aliphatic carbocycles. The van der Waals surface area contributed by atoms with Crippen LogP contribution in [0.5, 0.6) is 0 Å². The van der Waals surface area contributed by atoms with Crippen molar-refractivity contribution in [3.8, 4) is 22.9 Å². The summed E-state index contributed by atoms with van der Waals surface area (Å²) in [5.74, 6) is 0.527. The minimum Gasteiger partial charge on any atom is -0.768 e. The van der Waals surface area contributed by atoms with Crippen LogP contribution in [-0.4, -0.2) is 53.3 Å². The van der Waals surface area contributed by atoms with Gasteiger partial charge in [0.05, 0.1) is 58.6 Å². The van der Waals surface area contributed by atoms with Crippen molar-refractivity contribution >= 4 is 44.5 Å². The Hall–Kier alpha value is -5.23. The number of hydrogen-bond donors (Lipinski definition) is 0. The van der Waals surface area contributed by atoms with E-state index in [0.717, 1.165) is 59.8 Å². The number of halogens is 7. The van der Waals surface area contributed by atoms with Crippen LogP contribution in [0.2, 0.25) is 0 Å². The van der Waals surface area contributed by atoms with E-state index in [-0.39, 0.29) is 52.0 Å². The van der Waals surface area contributed by atoms with Crippen LogP contribution in [0.1, 0.15) is 54.8 Å². The maximum atomic E-state index is 12.7. The summed E-state index contributed by atoms with van der Waals surface area (Å²) in [5.41, 5.74) is 1.20. The van der Waals surface area contributed by atoms with Crippen LogP contribution in [0.4, 0.5) is 26.3 Å². The average molecular weight is 921 g/mol. The molecule has 6 rings (SSSR count). The quantitative estimate of drug-likeness (QED) is 0.0503. The number of nitrogens with zero attached hydrogens (tertiary/aromatic N) is 2. The minimum atomic E-state index is -4.55. The second-order valence-corrected chi connectivity index (χ2v) is 15.6. The fraction of sp³-hybridized carbons (Fsp3) is 0.200. The number of oxazole rings is 2. The zero-order chi connectivity index (χ0) is 45.3. The van der Waals surface area contributed by atoms with Crippen molar-refractivity contribution in [3.63, 3.8) is 0 Å². The second-order valence-electron chi connectivity index (χ2n) is 12.4. The van der Waals surface area contributed by atoms with E-state index in [0.29, 0.717) is 34.2 Å². The van der Waals surface area contributed by atoms with Gasteiger partial charge < -0.3 is 22.9 Å². The molecule has 0 radical (unpaired) electrons. The minimum absolute atomic E-state index is 0. The molecule has 2 aromatic heterocycles. The van der Waals surface area contributed by atoms with Gasteiger partial charge in [-0.25, -0.2) is 28.0 Å². The van der Waals surface area contributed by atoms with E-state index < -0.39 is 56.1 Å². The van der Waals surface area contributed by atoms with Crippen LogP contribution in [0.3, 0.4) is 0 Å². The fourth-order valence-corrected chi connectivity index (χ4v) is 6.92. The number of rotatable bonds is 9. The molecular weight excluding hydrogens is 889 g/mol. The Labute approximate surface area is 370 Å². The summed E-state index contributed by atoms with van der Waals surface area (Å²) in [6.45, 7) is 3.36. The normalized spacial score (nSPS) is 11.8. The molecule has 2 heterocycles. The van der Waals surface area contributed by atoms with Crippen molar-refractivity contribution < 1.29 is 90.3 Å². The molecule has 1 atom stereocenters. The molecule has 0 amide bonds. The Morgan fingerprint density at radius 3 is 1.39 bits per heavy atom. The van der Waals surface area contributed by atoms with Gasteiger partial charge in [-0.2, -0.15) is 26.3 Å². The molecule has 22 heteroatoms. The summed E-state index contributed by atoms with van der Waals surface area (Å²) in [6.07, 6.45) is -8.98. The Kier molecular flexibility index (Phi) is 17.9. The third-order valence-electron chi connectivity index (χ3n) is 8.26. The van der Waals surface area contributed by atoms with E-state index in [1.54, 1.807) is 36.4 Å². The number of esters is 2. The maximum Gasteiger partial charge on any atom is 1.00 e. The Bertz CT molecular complexity index is 2580. The Morgan fingerprint density at radius 1 is 0.677 bits per heavy atom. The van der Waals surface area contributed by atoms with Crippen LogP contribution in [0.25, 0.3) is 22.9 Å². The van der Waals surface area contributed by atoms with Crippen LogP contribution in [0, 0.1) is 13.8 Å². The van der Waals surface area contributed by atoms with Crippen LogP contribution in [-0.2, 0) is 54.4 Å². The zero-order valence-electron chi connectivity index (χ0n) is 33.1. The van der Waals surface area contributed by atoms with E-state index in [9.17, 15) is 53.1 Å². The summed E-state index contributed by atoms with van der Waals surface area (Å²) < 4.78 is 140. The topological polar surface area (TPSA) is 179 Å². The molecule has 0 saturated heterocycles. The van der Waals surface area contributed by atoms with Gasteiger partial charge in [0.2, 0.25) is 11.8 Å². The molecule has 0 aliphatic rings. The van der Waals surface area contributed by atoms with Gasteiger partial charge in [-0.15, -0.1) is 11.6 Å². The van der Waals surface area contributed by atoms with Gasteiger partial charge in [-0.1, -0.05) is 0 Å². The van der Waals surface area contributed by atoms with E-state index in [4.69, 9.17) is 20.4 Å². The molecule has 0 bridgehead atoms. The molecule has 4 aromatic carbocycles. The van der Waals surface area contributed by atoms with Crippen molar-refractivity contribution in [1.29, 1.82) is 0 Å². The van der Waals surface area contributed by atoms with Crippen molar-refractivity contribution in [3.05, 3.63) is 142 Å². The van der Waals surface area contributed by atoms with Crippen LogP contribution in [0.15, 0.2) is 116 Å². The number of methoxy groups -OCH3 is 2. The first-order valence-electron chi connectivity index (χ1n) is 17.1. The van der Waals surface area contributed by atoms with E-state index in [1.165, 1.54) is 33.3 Å². The monoisotopic (exact) mass is 920 g/mol. The summed E-state index contributed by atoms with van der Waals surface area (Å²) in [6, 6.07) is 19.6. The van der Waals surface area contributed by atoms with Crippen LogP contribution < -0.4 is 18.9 Å². The predicted molar refractivity (Wildman–Crippen MR) is 207 cm³/mol. The van der Waals surface area contributed by atoms with Gasteiger partial charge in [0.25, 0.3) is 0 Å². The average Bonchev–Trinajstić information content (AvgIpc) is 3.80. The summed E-state index contributed by atoms with van der Waals surface area (Å²) in [7, 11) is -1.33. The third kappa shape index (κ3) is 13.6. The molecule has 0 aliphatic heterocycles. The zero-order valence-corrected chi connectivity index (χ0v) is 35.5. The molecule has 62 heavy (non-hydrogen) atoms. The van der Waals surface area contributed by atoms with Crippen LogP contribution >= 0.6 is 11.6 Å². The van der Waals surface area contributed by atoms with Gasteiger partial charge in [0, 0.05) is 16.0 Å². The van der Waals surface area contributed by atoms with Crippen molar-refractivity contribution in [2.75, 3.05) is 14.2 Å². The maximum absolute atomic E-state index is 12.7. The van der Waals surface area contributed by atoms with E-state index in [2.05, 4.69) is 19.4 Å². The summed E-state index contributed by atoms with van der Waals surface area (Å²) in [4.78, 5) is 30.9. The number of benzene rings is 4. The third-order valence-corrected chi connectivity index (χ3v) is 10.8. The smallest absolute Gasteiger partial charge is 0.768 e. The molecular formula is C40H32ClF6LiN2O10S2. The first kappa shape index (κ1) is 51.1. The van der Waals surface area contributed by atoms with Crippen molar-refractivity contribution in [2.24, 2.45) is 0 Å². The standard InChI is InChI=1S/C20H16F3NO5S.C13H12ClNO3.C7H5F3O2S.Li/c1-12-17(11-30(26,27)16-9-7-15(8-10-16)20(21,22)23)24-18(29-12)13-3-5-14(6-4-13)19(25)28-2;1-8-11(7-14)15-12(18-8)9-3-5-10(6-4-9)13(16)17-2;8-7(9,10)5-1-3-6(4-2-5)13(11)12;/h3-10H,11H2,1-2H3;3-6H,7H2,1-2H3;1-4H,(H,11,12);/q;;;+1/p-1. The first-order chi connectivity index (χ1) is 28.6. The molecule has 1 unspecified atom stereocenters. The fourth-order valence-electron chi connectivity index (χ4n) is 4.96. The van der Waals surface area contributed by atoms with Crippen molar-refractivity contribution in [1.82, 2.24) is 9.97 Å². The molecule has 0 fully saturated rings. The van der Waals surface area contributed by atoms with Crippen molar-refractivity contribution in [2.45, 2.75) is 47.6 Å². The number of aryl methyl sites for hydroxylation is 2. The molecule has 0 spiro atoms. The van der Waals surface area contributed by atoms with E-state index >= 15 is 0 Å². The predicted octanol–water partition coefficient (Wildman–Crippen LogP) is 6.55. The molecule has 324 valence electrons. The number of carbonyl (C=O) groups is 2. The summed E-state index contributed by atoms with van der Waals surface area (Å²) >= 11 is 3.25. The summed E-state index contributed by atoms with van der Waals surface area (Å²) in [5, 5.41) is 0. The number of hydrogen-bond acceptors (Lipinski definition) is 12. The Balaban J connectivity index is 0.000000272.